The number of benzene rings is 1. The van der Waals surface area contributed by atoms with Crippen molar-refractivity contribution in [3.05, 3.63) is 39.6 Å². The number of fused-ring (bicyclic) bond motifs is 1. The van der Waals surface area contributed by atoms with Gasteiger partial charge in [0.15, 0.2) is 5.13 Å². The fraction of sp³-hybridized carbons (Fsp3) is 0.133. The zero-order valence-electron chi connectivity index (χ0n) is 12.9. The predicted molar refractivity (Wildman–Crippen MR) is 101 cm³/mol. The molecule has 0 aliphatic rings. The summed E-state index contributed by atoms with van der Waals surface area (Å²) >= 11 is 13.3. The van der Waals surface area contributed by atoms with E-state index in [1.165, 1.54) is 11.3 Å². The molecule has 2 aromatic heterocycles. The molecular formula is C15H13Cl2N5O2S. The fourth-order valence-electron chi connectivity index (χ4n) is 2.16. The lowest BCUT2D eigenvalue weighted by Gasteiger charge is -2.02. The van der Waals surface area contributed by atoms with Crippen LogP contribution in [0.15, 0.2) is 18.2 Å². The van der Waals surface area contributed by atoms with Crippen LogP contribution in [-0.2, 0) is 4.79 Å². The SMILES string of the molecule is Cc1[nH]c(C(=O)Nc2nc3ccc(NC(=O)CN)cc3s2)c(Cl)c1Cl. The van der Waals surface area contributed by atoms with E-state index >= 15 is 0 Å². The number of aromatic nitrogens is 2. The summed E-state index contributed by atoms with van der Waals surface area (Å²) in [5.74, 6) is -0.721. The Bertz CT molecular complexity index is 982. The van der Waals surface area contributed by atoms with Gasteiger partial charge in [0.1, 0.15) is 5.69 Å². The average Bonchev–Trinajstić information content (AvgIpc) is 3.09. The number of halogens is 2. The van der Waals surface area contributed by atoms with Crippen molar-refractivity contribution in [2.24, 2.45) is 5.73 Å². The molecule has 0 bridgehead atoms. The number of H-pyrrole nitrogens is 1. The fourth-order valence-corrected chi connectivity index (χ4v) is 3.47. The molecule has 2 heterocycles. The van der Waals surface area contributed by atoms with Gasteiger partial charge in [-0.1, -0.05) is 34.5 Å². The maximum absolute atomic E-state index is 12.3. The third-order valence-corrected chi connectivity index (χ3v) is 5.24. The second-order valence-corrected chi connectivity index (χ2v) is 6.95. The van der Waals surface area contributed by atoms with Crippen molar-refractivity contribution in [3.8, 4) is 0 Å². The molecule has 0 aliphatic carbocycles. The maximum Gasteiger partial charge on any atom is 0.275 e. The Morgan fingerprint density at radius 3 is 2.68 bits per heavy atom. The van der Waals surface area contributed by atoms with E-state index < -0.39 is 5.91 Å². The molecule has 130 valence electrons. The first-order valence-corrected chi connectivity index (χ1v) is 8.71. The van der Waals surface area contributed by atoms with E-state index in [0.717, 1.165) is 4.70 Å². The molecule has 2 amide bonds. The lowest BCUT2D eigenvalue weighted by molar-refractivity contribution is -0.114. The van der Waals surface area contributed by atoms with E-state index in [2.05, 4.69) is 20.6 Å². The summed E-state index contributed by atoms with van der Waals surface area (Å²) in [5.41, 5.74) is 7.37. The first kappa shape index (κ1) is 17.7. The van der Waals surface area contributed by atoms with Crippen LogP contribution in [-0.4, -0.2) is 28.3 Å². The number of hydrogen-bond acceptors (Lipinski definition) is 5. The minimum atomic E-state index is -0.435. The molecule has 3 aromatic rings. The van der Waals surface area contributed by atoms with Gasteiger partial charge in [0, 0.05) is 11.4 Å². The monoisotopic (exact) mass is 397 g/mol. The molecule has 0 spiro atoms. The summed E-state index contributed by atoms with van der Waals surface area (Å²) in [6, 6.07) is 5.22. The van der Waals surface area contributed by atoms with Crippen LogP contribution in [0.5, 0.6) is 0 Å². The topological polar surface area (TPSA) is 113 Å². The van der Waals surface area contributed by atoms with Crippen LogP contribution in [0.3, 0.4) is 0 Å². The lowest BCUT2D eigenvalue weighted by Crippen LogP contribution is -2.21. The number of thiazole rings is 1. The number of nitrogens with zero attached hydrogens (tertiary/aromatic N) is 1. The van der Waals surface area contributed by atoms with Gasteiger partial charge in [-0.25, -0.2) is 4.98 Å². The number of carbonyl (C=O) groups excluding carboxylic acids is 2. The van der Waals surface area contributed by atoms with Crippen LogP contribution in [0, 0.1) is 6.92 Å². The van der Waals surface area contributed by atoms with Gasteiger partial charge >= 0.3 is 0 Å². The minimum absolute atomic E-state index is 0.0963. The van der Waals surface area contributed by atoms with Gasteiger partial charge in [-0.15, -0.1) is 0 Å². The molecule has 0 saturated heterocycles. The molecular weight excluding hydrogens is 385 g/mol. The molecule has 7 nitrogen and oxygen atoms in total. The van der Waals surface area contributed by atoms with Crippen molar-refractivity contribution >= 4 is 67.4 Å². The molecule has 0 fully saturated rings. The molecule has 0 atom stereocenters. The van der Waals surface area contributed by atoms with Crippen molar-refractivity contribution in [2.75, 3.05) is 17.2 Å². The number of aryl methyl sites for hydroxylation is 1. The second kappa shape index (κ2) is 7.01. The highest BCUT2D eigenvalue weighted by atomic mass is 35.5. The molecule has 0 unspecified atom stereocenters. The van der Waals surface area contributed by atoms with Crippen LogP contribution in [0.2, 0.25) is 10.0 Å². The largest absolute Gasteiger partial charge is 0.352 e. The van der Waals surface area contributed by atoms with Crippen molar-refractivity contribution in [2.45, 2.75) is 6.92 Å². The first-order valence-electron chi connectivity index (χ1n) is 7.14. The highest BCUT2D eigenvalue weighted by molar-refractivity contribution is 7.22. The number of hydrogen-bond donors (Lipinski definition) is 4. The number of rotatable bonds is 4. The lowest BCUT2D eigenvalue weighted by atomic mass is 10.3. The van der Waals surface area contributed by atoms with E-state index in [-0.39, 0.29) is 23.2 Å². The minimum Gasteiger partial charge on any atom is -0.352 e. The molecule has 3 rings (SSSR count). The summed E-state index contributed by atoms with van der Waals surface area (Å²) < 4.78 is 0.803. The number of anilines is 2. The van der Waals surface area contributed by atoms with Crippen LogP contribution in [0.4, 0.5) is 10.8 Å². The van der Waals surface area contributed by atoms with Gasteiger partial charge in [-0.05, 0) is 25.1 Å². The van der Waals surface area contributed by atoms with Crippen LogP contribution >= 0.6 is 34.5 Å². The van der Waals surface area contributed by atoms with E-state index in [1.54, 1.807) is 25.1 Å². The standard InChI is InChI=1S/C15H13Cl2N5O2S/c1-6-11(16)12(17)13(19-6)14(24)22-15-21-8-3-2-7(4-9(8)25-15)20-10(23)5-18/h2-4,19H,5,18H2,1H3,(H,20,23)(H,21,22,24). The third kappa shape index (κ3) is 3.62. The van der Waals surface area contributed by atoms with Crippen LogP contribution < -0.4 is 16.4 Å². The molecule has 0 aliphatic heterocycles. The summed E-state index contributed by atoms with van der Waals surface area (Å²) in [4.78, 5) is 30.9. The second-order valence-electron chi connectivity index (χ2n) is 5.16. The van der Waals surface area contributed by atoms with Gasteiger partial charge in [-0.3, -0.25) is 14.9 Å². The zero-order valence-corrected chi connectivity index (χ0v) is 15.3. The van der Waals surface area contributed by atoms with Gasteiger partial charge < -0.3 is 16.0 Å². The molecule has 25 heavy (non-hydrogen) atoms. The summed E-state index contributed by atoms with van der Waals surface area (Å²) in [6.07, 6.45) is 0. The smallest absolute Gasteiger partial charge is 0.275 e. The van der Waals surface area contributed by atoms with E-state index in [9.17, 15) is 9.59 Å². The Morgan fingerprint density at radius 1 is 1.28 bits per heavy atom. The zero-order chi connectivity index (χ0) is 18.1. The molecule has 0 radical (unpaired) electrons. The quantitative estimate of drug-likeness (QED) is 0.540. The number of carbonyl (C=O) groups is 2. The predicted octanol–water partition coefficient (Wildman–Crippen LogP) is 3.39. The van der Waals surface area contributed by atoms with Crippen molar-refractivity contribution in [3.63, 3.8) is 0 Å². The van der Waals surface area contributed by atoms with Gasteiger partial charge in [0.25, 0.3) is 5.91 Å². The van der Waals surface area contributed by atoms with Gasteiger partial charge in [-0.2, -0.15) is 0 Å². The molecule has 10 heteroatoms. The highest BCUT2D eigenvalue weighted by Crippen LogP contribution is 2.31. The summed E-state index contributed by atoms with van der Waals surface area (Å²) in [5, 5.41) is 6.25. The maximum atomic E-state index is 12.3. The Hall–Kier alpha value is -2.13. The van der Waals surface area contributed by atoms with Crippen molar-refractivity contribution < 1.29 is 9.59 Å². The number of nitrogens with one attached hydrogen (secondary N) is 3. The number of nitrogens with two attached hydrogens (primary N) is 1. The average molecular weight is 398 g/mol. The van der Waals surface area contributed by atoms with Crippen molar-refractivity contribution in [1.29, 1.82) is 0 Å². The molecule has 5 N–H and O–H groups in total. The summed E-state index contributed by atoms with van der Waals surface area (Å²) in [6.45, 7) is 1.63. The van der Waals surface area contributed by atoms with E-state index in [0.29, 0.717) is 27.1 Å². The van der Waals surface area contributed by atoms with Crippen molar-refractivity contribution in [1.82, 2.24) is 9.97 Å². The number of aromatic amines is 1. The highest BCUT2D eigenvalue weighted by Gasteiger charge is 2.19. The Morgan fingerprint density at radius 2 is 2.04 bits per heavy atom. The van der Waals surface area contributed by atoms with Gasteiger partial charge in [0.05, 0.1) is 26.8 Å². The first-order chi connectivity index (χ1) is 11.9. The molecule has 0 saturated carbocycles. The van der Waals surface area contributed by atoms with Crippen LogP contribution in [0.25, 0.3) is 10.2 Å². The Labute approximate surface area is 156 Å². The molecule has 1 aromatic carbocycles. The summed E-state index contributed by atoms with van der Waals surface area (Å²) in [7, 11) is 0. The third-order valence-electron chi connectivity index (χ3n) is 3.36. The van der Waals surface area contributed by atoms with Crippen LogP contribution in [0.1, 0.15) is 16.2 Å². The Balaban J connectivity index is 1.83. The normalized spacial score (nSPS) is 10.9. The van der Waals surface area contributed by atoms with E-state index in [4.69, 9.17) is 28.9 Å². The van der Waals surface area contributed by atoms with Gasteiger partial charge in [0.2, 0.25) is 5.91 Å². The van der Waals surface area contributed by atoms with E-state index in [1.807, 2.05) is 0 Å². The Kier molecular flexibility index (Phi) is 4.96. The number of amides is 2.